The highest BCUT2D eigenvalue weighted by atomic mass is 32.1. The third-order valence-electron chi connectivity index (χ3n) is 4.23. The zero-order valence-corrected chi connectivity index (χ0v) is 11.8. The van der Waals surface area contributed by atoms with Crippen LogP contribution in [0.25, 0.3) is 0 Å². The third kappa shape index (κ3) is 2.26. The summed E-state index contributed by atoms with van der Waals surface area (Å²) in [7, 11) is 0. The molecule has 0 aromatic carbocycles. The van der Waals surface area contributed by atoms with Gasteiger partial charge in [0.05, 0.1) is 0 Å². The van der Waals surface area contributed by atoms with E-state index in [2.05, 4.69) is 27.4 Å². The van der Waals surface area contributed by atoms with Crippen LogP contribution in [0.2, 0.25) is 0 Å². The largest absolute Gasteiger partial charge is 0.455 e. The van der Waals surface area contributed by atoms with Gasteiger partial charge in [-0.3, -0.25) is 0 Å². The van der Waals surface area contributed by atoms with E-state index in [4.69, 9.17) is 17.4 Å². The van der Waals surface area contributed by atoms with Gasteiger partial charge in [-0.2, -0.15) is 12.6 Å². The fourth-order valence-corrected chi connectivity index (χ4v) is 3.94. The lowest BCUT2D eigenvalue weighted by atomic mass is 9.65. The molecule has 0 N–H and O–H groups in total. The van der Waals surface area contributed by atoms with E-state index < -0.39 is 0 Å². The lowest BCUT2D eigenvalue weighted by molar-refractivity contribution is -0.158. The van der Waals surface area contributed by atoms with Crippen LogP contribution in [0.5, 0.6) is 0 Å². The molecule has 0 amide bonds. The quantitative estimate of drug-likeness (QED) is 0.441. The number of rotatable bonds is 1. The number of carbonyl (C=O) groups is 1. The van der Waals surface area contributed by atoms with Crippen molar-refractivity contribution in [3.8, 4) is 0 Å². The molecule has 1 aliphatic heterocycles. The van der Waals surface area contributed by atoms with Crippen LogP contribution in [0.4, 0.5) is 0 Å². The molecule has 2 rings (SSSR count). The maximum absolute atomic E-state index is 11.7. The number of hydrogen-bond donors (Lipinski definition) is 1. The minimum absolute atomic E-state index is 0.120. The predicted octanol–water partition coefficient (Wildman–Crippen LogP) is 3.37. The second-order valence-corrected chi connectivity index (χ2v) is 7.48. The van der Waals surface area contributed by atoms with Crippen molar-refractivity contribution in [3.05, 3.63) is 12.2 Å². The maximum atomic E-state index is 11.7. The monoisotopic (exact) mass is 254 g/mol. The Bertz CT molecular complexity index is 338. The van der Waals surface area contributed by atoms with Crippen LogP contribution in [0.3, 0.4) is 0 Å². The number of hydrogen-bond acceptors (Lipinski definition) is 3. The molecule has 96 valence electrons. The first-order valence-electron chi connectivity index (χ1n) is 6.38. The molecule has 3 unspecified atom stereocenters. The predicted molar refractivity (Wildman–Crippen MR) is 72.2 cm³/mol. The fourth-order valence-electron chi connectivity index (χ4n) is 3.58. The van der Waals surface area contributed by atoms with E-state index in [9.17, 15) is 4.79 Å². The second kappa shape index (κ2) is 4.04. The zero-order chi connectivity index (χ0) is 12.8. The Morgan fingerprint density at radius 2 is 2.12 bits per heavy atom. The maximum Gasteiger partial charge on any atom is 0.334 e. The van der Waals surface area contributed by atoms with Crippen LogP contribution in [0.1, 0.15) is 46.5 Å². The van der Waals surface area contributed by atoms with E-state index in [1.165, 1.54) is 6.42 Å². The normalized spacial score (nSPS) is 38.6. The van der Waals surface area contributed by atoms with Gasteiger partial charge in [0, 0.05) is 22.7 Å². The van der Waals surface area contributed by atoms with Crippen molar-refractivity contribution in [1.82, 2.24) is 0 Å². The fraction of sp³-hybridized carbons (Fsp3) is 0.786. The molecule has 2 fully saturated rings. The molecule has 1 saturated carbocycles. The van der Waals surface area contributed by atoms with Gasteiger partial charge in [-0.05, 0) is 18.8 Å². The number of thiol groups is 1. The Labute approximate surface area is 109 Å². The van der Waals surface area contributed by atoms with E-state index in [1.54, 1.807) is 0 Å². The lowest BCUT2D eigenvalue weighted by Crippen LogP contribution is -2.50. The van der Waals surface area contributed by atoms with Crippen molar-refractivity contribution in [2.24, 2.45) is 11.8 Å². The Balaban J connectivity index is 2.32. The van der Waals surface area contributed by atoms with E-state index >= 15 is 0 Å². The molecule has 3 atom stereocenters. The van der Waals surface area contributed by atoms with Crippen LogP contribution < -0.4 is 0 Å². The molecule has 0 radical (unpaired) electrons. The minimum Gasteiger partial charge on any atom is -0.455 e. The van der Waals surface area contributed by atoms with Gasteiger partial charge in [0.15, 0.2) is 0 Å². The topological polar surface area (TPSA) is 26.3 Å². The Morgan fingerprint density at radius 3 is 2.59 bits per heavy atom. The summed E-state index contributed by atoms with van der Waals surface area (Å²) in [6, 6.07) is 0. The molecule has 0 aromatic heterocycles. The Kier molecular flexibility index (Phi) is 3.09. The summed E-state index contributed by atoms with van der Waals surface area (Å²) < 4.78 is 5.60. The van der Waals surface area contributed by atoms with E-state index in [1.807, 2.05) is 0 Å². The van der Waals surface area contributed by atoms with Gasteiger partial charge in [0.2, 0.25) is 0 Å². The lowest BCUT2D eigenvalue weighted by Gasteiger charge is -2.47. The first-order valence-corrected chi connectivity index (χ1v) is 6.83. The van der Waals surface area contributed by atoms with Gasteiger partial charge >= 0.3 is 5.97 Å². The smallest absolute Gasteiger partial charge is 0.334 e. The van der Waals surface area contributed by atoms with E-state index in [0.717, 1.165) is 12.8 Å². The molecule has 0 bridgehead atoms. The zero-order valence-electron chi connectivity index (χ0n) is 11.0. The summed E-state index contributed by atoms with van der Waals surface area (Å²) in [4.78, 5) is 11.7. The summed E-state index contributed by atoms with van der Waals surface area (Å²) in [5, 5.41) is 0. The molecule has 1 saturated heterocycles. The summed E-state index contributed by atoms with van der Waals surface area (Å²) >= 11 is 4.71. The molecule has 0 aromatic rings. The number of carbonyl (C=O) groups excluding carboxylic acids is 1. The molecule has 2 nitrogen and oxygen atoms in total. The van der Waals surface area contributed by atoms with Gasteiger partial charge in [-0.1, -0.05) is 33.8 Å². The Morgan fingerprint density at radius 1 is 1.47 bits per heavy atom. The van der Waals surface area contributed by atoms with Gasteiger partial charge in [-0.25, -0.2) is 4.79 Å². The standard InChI is InChI=1S/C14H22O2S/c1-9-5-6-11(13(3,4)17)14(7-9)8-10(2)12(15)16-14/h9,11,17H,2,5-8H2,1,3-4H3. The second-order valence-electron chi connectivity index (χ2n) is 6.33. The molecule has 1 heterocycles. The summed E-state index contributed by atoms with van der Waals surface area (Å²) in [6.07, 6.45) is 3.91. The van der Waals surface area contributed by atoms with Crippen molar-refractivity contribution in [1.29, 1.82) is 0 Å². The molecule has 17 heavy (non-hydrogen) atoms. The highest BCUT2D eigenvalue weighted by Crippen LogP contribution is 2.52. The minimum atomic E-state index is -0.336. The van der Waals surface area contributed by atoms with Gasteiger partial charge in [0.1, 0.15) is 5.60 Å². The molecule has 1 aliphatic carbocycles. The molecule has 3 heteroatoms. The number of ether oxygens (including phenoxy) is 1. The van der Waals surface area contributed by atoms with Crippen LogP contribution in [0, 0.1) is 11.8 Å². The van der Waals surface area contributed by atoms with Crippen molar-refractivity contribution in [2.45, 2.75) is 56.8 Å². The van der Waals surface area contributed by atoms with E-state index in [0.29, 0.717) is 23.8 Å². The summed E-state index contributed by atoms with van der Waals surface area (Å²) in [6.45, 7) is 10.3. The number of esters is 1. The molecule has 1 spiro atoms. The van der Waals surface area contributed by atoms with Crippen LogP contribution in [0.15, 0.2) is 12.2 Å². The van der Waals surface area contributed by atoms with Gasteiger partial charge < -0.3 is 4.74 Å². The average Bonchev–Trinajstić information content (AvgIpc) is 2.39. The summed E-state index contributed by atoms with van der Waals surface area (Å²) in [5.41, 5.74) is 0.290. The van der Waals surface area contributed by atoms with Crippen LogP contribution >= 0.6 is 12.6 Å². The highest BCUT2D eigenvalue weighted by molar-refractivity contribution is 7.81. The van der Waals surface area contributed by atoms with Gasteiger partial charge in [-0.15, -0.1) is 0 Å². The molecule has 2 aliphatic rings. The molecular weight excluding hydrogens is 232 g/mol. The Hall–Kier alpha value is -0.440. The molecular formula is C14H22O2S. The van der Waals surface area contributed by atoms with Crippen molar-refractivity contribution in [3.63, 3.8) is 0 Å². The van der Waals surface area contributed by atoms with Crippen molar-refractivity contribution < 1.29 is 9.53 Å². The first-order chi connectivity index (χ1) is 7.74. The van der Waals surface area contributed by atoms with Crippen molar-refractivity contribution >= 4 is 18.6 Å². The van der Waals surface area contributed by atoms with Crippen LogP contribution in [-0.4, -0.2) is 16.3 Å². The van der Waals surface area contributed by atoms with Crippen LogP contribution in [-0.2, 0) is 9.53 Å². The summed E-state index contributed by atoms with van der Waals surface area (Å²) in [5.74, 6) is 0.722. The highest BCUT2D eigenvalue weighted by Gasteiger charge is 2.54. The van der Waals surface area contributed by atoms with Crippen molar-refractivity contribution in [2.75, 3.05) is 0 Å². The van der Waals surface area contributed by atoms with Gasteiger partial charge in [0.25, 0.3) is 0 Å². The third-order valence-corrected chi connectivity index (χ3v) is 4.54. The SMILES string of the molecule is C=C1CC2(CC(C)CCC2C(C)(C)S)OC1=O. The van der Waals surface area contributed by atoms with E-state index in [-0.39, 0.29) is 16.3 Å². The average molecular weight is 254 g/mol. The first kappa shape index (κ1) is 13.0.